The number of aromatic amines is 2. The third-order valence-corrected chi connectivity index (χ3v) is 1.93. The maximum atomic E-state index is 11.5. The lowest BCUT2D eigenvalue weighted by atomic mass is 10.3. The highest BCUT2D eigenvalue weighted by atomic mass is 16.1. The average Bonchev–Trinajstić information content (AvgIpc) is 2.84. The summed E-state index contributed by atoms with van der Waals surface area (Å²) in [5.41, 5.74) is 2.23. The fourth-order valence-corrected chi connectivity index (χ4v) is 1.21. The lowest BCUT2D eigenvalue weighted by molar-refractivity contribution is 0.0945. The van der Waals surface area contributed by atoms with Crippen molar-refractivity contribution in [2.75, 3.05) is 0 Å². The van der Waals surface area contributed by atoms with E-state index in [1.54, 1.807) is 6.07 Å². The van der Waals surface area contributed by atoms with Crippen molar-refractivity contribution in [3.05, 3.63) is 35.4 Å². The number of nitrogens with zero attached hydrogens (tertiary/aromatic N) is 2. The molecule has 0 spiro atoms. The van der Waals surface area contributed by atoms with Crippen LogP contribution >= 0.6 is 0 Å². The fraction of sp³-hybridized carbons (Fsp3) is 0.222. The normalized spacial score (nSPS) is 10.2. The zero-order valence-corrected chi connectivity index (χ0v) is 8.24. The van der Waals surface area contributed by atoms with Gasteiger partial charge in [-0.1, -0.05) is 0 Å². The summed E-state index contributed by atoms with van der Waals surface area (Å²) in [4.78, 5) is 11.5. The molecule has 0 bridgehead atoms. The van der Waals surface area contributed by atoms with Gasteiger partial charge in [-0.2, -0.15) is 10.2 Å². The van der Waals surface area contributed by atoms with Gasteiger partial charge in [-0.15, -0.1) is 0 Å². The molecule has 1 amide bonds. The number of amides is 1. The van der Waals surface area contributed by atoms with Crippen LogP contribution in [0.2, 0.25) is 0 Å². The fourth-order valence-electron chi connectivity index (χ4n) is 1.21. The maximum Gasteiger partial charge on any atom is 0.269 e. The van der Waals surface area contributed by atoms with Crippen molar-refractivity contribution >= 4 is 5.91 Å². The summed E-state index contributed by atoms with van der Waals surface area (Å²) in [7, 11) is 0. The molecule has 0 radical (unpaired) electrons. The Labute approximate surface area is 86.1 Å². The Morgan fingerprint density at radius 2 is 2.40 bits per heavy atom. The first-order valence-electron chi connectivity index (χ1n) is 4.54. The number of aryl methyl sites for hydroxylation is 1. The Kier molecular flexibility index (Phi) is 2.49. The second kappa shape index (κ2) is 3.95. The first-order valence-corrected chi connectivity index (χ1v) is 4.54. The van der Waals surface area contributed by atoms with E-state index in [-0.39, 0.29) is 5.91 Å². The molecule has 0 aromatic carbocycles. The Morgan fingerprint density at radius 1 is 1.53 bits per heavy atom. The molecule has 3 N–H and O–H groups in total. The van der Waals surface area contributed by atoms with Crippen LogP contribution in [0, 0.1) is 6.92 Å². The van der Waals surface area contributed by atoms with Crippen LogP contribution in [0.3, 0.4) is 0 Å². The molecule has 15 heavy (non-hydrogen) atoms. The highest BCUT2D eigenvalue weighted by Gasteiger charge is 2.06. The van der Waals surface area contributed by atoms with Crippen LogP contribution in [-0.2, 0) is 6.54 Å². The van der Waals surface area contributed by atoms with E-state index in [0.29, 0.717) is 12.2 Å². The zero-order chi connectivity index (χ0) is 10.7. The lowest BCUT2D eigenvalue weighted by Crippen LogP contribution is -2.23. The minimum atomic E-state index is -0.187. The van der Waals surface area contributed by atoms with Crippen LogP contribution in [0.1, 0.15) is 21.9 Å². The Bertz CT molecular complexity index is 445. The summed E-state index contributed by atoms with van der Waals surface area (Å²) < 4.78 is 0. The van der Waals surface area contributed by atoms with Gasteiger partial charge in [0.15, 0.2) is 0 Å². The predicted octanol–water partition coefficient (Wildman–Crippen LogP) is 0.371. The molecule has 78 valence electrons. The molecular formula is C9H11N5O. The zero-order valence-electron chi connectivity index (χ0n) is 8.24. The van der Waals surface area contributed by atoms with E-state index in [9.17, 15) is 4.79 Å². The molecule has 0 aliphatic rings. The van der Waals surface area contributed by atoms with Crippen LogP contribution in [-0.4, -0.2) is 26.3 Å². The van der Waals surface area contributed by atoms with Crippen molar-refractivity contribution < 1.29 is 4.79 Å². The summed E-state index contributed by atoms with van der Waals surface area (Å²) in [6.45, 7) is 2.31. The summed E-state index contributed by atoms with van der Waals surface area (Å²) >= 11 is 0. The summed E-state index contributed by atoms with van der Waals surface area (Å²) in [6, 6.07) is 3.50. The number of hydrogen-bond acceptors (Lipinski definition) is 3. The molecule has 0 aliphatic heterocycles. The van der Waals surface area contributed by atoms with Gasteiger partial charge in [-0.25, -0.2) is 0 Å². The van der Waals surface area contributed by atoms with Crippen molar-refractivity contribution in [2.24, 2.45) is 0 Å². The Balaban J connectivity index is 1.91. The lowest BCUT2D eigenvalue weighted by Gasteiger charge is -1.99. The summed E-state index contributed by atoms with van der Waals surface area (Å²) in [5.74, 6) is -0.187. The van der Waals surface area contributed by atoms with Gasteiger partial charge in [-0.05, 0) is 19.1 Å². The summed E-state index contributed by atoms with van der Waals surface area (Å²) in [6.07, 6.45) is 1.54. The van der Waals surface area contributed by atoms with Gasteiger partial charge in [0.05, 0.1) is 12.2 Å². The highest BCUT2D eigenvalue weighted by molar-refractivity contribution is 5.91. The van der Waals surface area contributed by atoms with Crippen LogP contribution in [0.25, 0.3) is 0 Å². The second-order valence-corrected chi connectivity index (χ2v) is 3.20. The van der Waals surface area contributed by atoms with Gasteiger partial charge in [0.1, 0.15) is 5.69 Å². The van der Waals surface area contributed by atoms with Crippen LogP contribution < -0.4 is 5.32 Å². The molecule has 0 unspecified atom stereocenters. The monoisotopic (exact) mass is 205 g/mol. The maximum absolute atomic E-state index is 11.5. The van der Waals surface area contributed by atoms with Crippen LogP contribution in [0.15, 0.2) is 18.3 Å². The molecule has 2 rings (SSSR count). The molecule has 2 aromatic heterocycles. The molecule has 0 atom stereocenters. The number of carbonyl (C=O) groups is 1. The predicted molar refractivity (Wildman–Crippen MR) is 53.1 cm³/mol. The molecule has 0 fully saturated rings. The van der Waals surface area contributed by atoms with Crippen LogP contribution in [0.5, 0.6) is 0 Å². The number of aromatic nitrogens is 4. The molecule has 2 aromatic rings. The average molecular weight is 205 g/mol. The van der Waals surface area contributed by atoms with Crippen molar-refractivity contribution in [1.29, 1.82) is 0 Å². The molecular weight excluding hydrogens is 194 g/mol. The van der Waals surface area contributed by atoms with Gasteiger partial charge >= 0.3 is 0 Å². The van der Waals surface area contributed by atoms with E-state index in [1.807, 2.05) is 13.0 Å². The largest absolute Gasteiger partial charge is 0.345 e. The SMILES string of the molecule is Cc1cc(CNC(=O)c2ccn[nH]2)n[nH]1. The Morgan fingerprint density at radius 3 is 3.00 bits per heavy atom. The topological polar surface area (TPSA) is 86.5 Å². The van der Waals surface area contributed by atoms with Crippen LogP contribution in [0.4, 0.5) is 0 Å². The van der Waals surface area contributed by atoms with E-state index in [1.165, 1.54) is 6.20 Å². The molecule has 6 heteroatoms. The molecule has 0 saturated heterocycles. The van der Waals surface area contributed by atoms with E-state index in [4.69, 9.17) is 0 Å². The van der Waals surface area contributed by atoms with Crippen molar-refractivity contribution in [1.82, 2.24) is 25.7 Å². The first kappa shape index (κ1) is 9.45. The number of rotatable bonds is 3. The minimum Gasteiger partial charge on any atom is -0.345 e. The van der Waals surface area contributed by atoms with Gasteiger partial charge < -0.3 is 5.32 Å². The van der Waals surface area contributed by atoms with Crippen molar-refractivity contribution in [2.45, 2.75) is 13.5 Å². The van der Waals surface area contributed by atoms with Gasteiger partial charge in [0, 0.05) is 11.9 Å². The van der Waals surface area contributed by atoms with E-state index >= 15 is 0 Å². The first-order chi connectivity index (χ1) is 7.25. The van der Waals surface area contributed by atoms with Gasteiger partial charge in [0.2, 0.25) is 0 Å². The smallest absolute Gasteiger partial charge is 0.269 e. The van der Waals surface area contributed by atoms with E-state index in [0.717, 1.165) is 11.4 Å². The highest BCUT2D eigenvalue weighted by Crippen LogP contribution is 1.98. The number of H-pyrrole nitrogens is 2. The van der Waals surface area contributed by atoms with E-state index in [2.05, 4.69) is 25.7 Å². The number of carbonyl (C=O) groups excluding carboxylic acids is 1. The third-order valence-electron chi connectivity index (χ3n) is 1.93. The molecule has 2 heterocycles. The number of hydrogen-bond donors (Lipinski definition) is 3. The standard InChI is InChI=1S/C9H11N5O/c1-6-4-7(13-12-6)5-10-9(15)8-2-3-11-14-8/h2-4H,5H2,1H3,(H,10,15)(H,11,14)(H,12,13). The Hall–Kier alpha value is -2.11. The molecule has 0 aliphatic carbocycles. The minimum absolute atomic E-state index is 0.187. The molecule has 0 saturated carbocycles. The number of nitrogens with one attached hydrogen (secondary N) is 3. The van der Waals surface area contributed by atoms with Crippen molar-refractivity contribution in [3.8, 4) is 0 Å². The van der Waals surface area contributed by atoms with Gasteiger partial charge in [-0.3, -0.25) is 15.0 Å². The van der Waals surface area contributed by atoms with Gasteiger partial charge in [0.25, 0.3) is 5.91 Å². The second-order valence-electron chi connectivity index (χ2n) is 3.20. The summed E-state index contributed by atoms with van der Waals surface area (Å²) in [5, 5.41) is 15.8. The van der Waals surface area contributed by atoms with Crippen molar-refractivity contribution in [3.63, 3.8) is 0 Å². The van der Waals surface area contributed by atoms with E-state index < -0.39 is 0 Å². The quantitative estimate of drug-likeness (QED) is 0.676. The third kappa shape index (κ3) is 2.22. The molecule has 6 nitrogen and oxygen atoms in total.